The number of hydrogen-bond donors (Lipinski definition) is 0. The highest BCUT2D eigenvalue weighted by atomic mass is 16.5. The van der Waals surface area contributed by atoms with Crippen molar-refractivity contribution in [3.63, 3.8) is 0 Å². The largest absolute Gasteiger partial charge is 0.469 e. The fraction of sp³-hybridized carbons (Fsp3) is 0.955. The monoisotopic (exact) mass is 340 g/mol. The zero-order chi connectivity index (χ0) is 18.0. The second kappa shape index (κ2) is 17.3. The molecule has 0 radical (unpaired) electrons. The number of carbonyl (C=O) groups excluding carboxylic acids is 1. The zero-order valence-electron chi connectivity index (χ0n) is 17.1. The van der Waals surface area contributed by atoms with Gasteiger partial charge < -0.3 is 4.74 Å². The lowest BCUT2D eigenvalue weighted by Crippen LogP contribution is -2.08. The van der Waals surface area contributed by atoms with Crippen LogP contribution in [0.3, 0.4) is 0 Å². The predicted octanol–water partition coefficient (Wildman–Crippen LogP) is 7.30. The van der Waals surface area contributed by atoms with Crippen LogP contribution >= 0.6 is 0 Å². The summed E-state index contributed by atoms with van der Waals surface area (Å²) in [5, 5.41) is 0. The standard InChI is InChI=1S/C22H44O2/c1-5-6-7-11-14-17-21(20(2)3)18-15-12-9-8-10-13-16-19-22(23)24-4/h20-21H,5-19H2,1-4H3. The maximum Gasteiger partial charge on any atom is 0.305 e. The second-order valence-electron chi connectivity index (χ2n) is 7.80. The summed E-state index contributed by atoms with van der Waals surface area (Å²) < 4.78 is 4.66. The molecule has 0 aliphatic carbocycles. The van der Waals surface area contributed by atoms with Gasteiger partial charge in [-0.25, -0.2) is 0 Å². The van der Waals surface area contributed by atoms with Gasteiger partial charge in [0.2, 0.25) is 0 Å². The molecule has 0 N–H and O–H groups in total. The van der Waals surface area contributed by atoms with Crippen LogP contribution in [0.1, 0.15) is 117 Å². The Labute approximate surface area is 152 Å². The van der Waals surface area contributed by atoms with Gasteiger partial charge in [-0.05, 0) is 18.3 Å². The Morgan fingerprint density at radius 1 is 0.750 bits per heavy atom. The first-order valence-corrected chi connectivity index (χ1v) is 10.7. The number of ether oxygens (including phenoxy) is 1. The van der Waals surface area contributed by atoms with E-state index in [4.69, 9.17) is 0 Å². The fourth-order valence-corrected chi connectivity index (χ4v) is 3.48. The lowest BCUT2D eigenvalue weighted by Gasteiger charge is -2.20. The predicted molar refractivity (Wildman–Crippen MR) is 105 cm³/mol. The van der Waals surface area contributed by atoms with Gasteiger partial charge >= 0.3 is 5.97 Å². The van der Waals surface area contributed by atoms with Crippen LogP contribution in [-0.4, -0.2) is 13.1 Å². The van der Waals surface area contributed by atoms with Gasteiger partial charge in [-0.2, -0.15) is 0 Å². The Hall–Kier alpha value is -0.530. The summed E-state index contributed by atoms with van der Waals surface area (Å²) in [5.41, 5.74) is 0. The smallest absolute Gasteiger partial charge is 0.305 e. The van der Waals surface area contributed by atoms with E-state index in [2.05, 4.69) is 25.5 Å². The average Bonchev–Trinajstić information content (AvgIpc) is 2.57. The van der Waals surface area contributed by atoms with Crippen LogP contribution in [0.5, 0.6) is 0 Å². The van der Waals surface area contributed by atoms with Crippen molar-refractivity contribution in [1.29, 1.82) is 0 Å². The minimum atomic E-state index is -0.0654. The highest BCUT2D eigenvalue weighted by Crippen LogP contribution is 2.25. The number of carbonyl (C=O) groups is 1. The molecule has 0 saturated heterocycles. The lowest BCUT2D eigenvalue weighted by molar-refractivity contribution is -0.140. The topological polar surface area (TPSA) is 26.3 Å². The summed E-state index contributed by atoms with van der Waals surface area (Å²) in [6.07, 6.45) is 19.4. The summed E-state index contributed by atoms with van der Waals surface area (Å²) in [6, 6.07) is 0. The van der Waals surface area contributed by atoms with E-state index in [9.17, 15) is 4.79 Å². The number of hydrogen-bond acceptors (Lipinski definition) is 2. The fourth-order valence-electron chi connectivity index (χ4n) is 3.48. The van der Waals surface area contributed by atoms with E-state index in [1.165, 1.54) is 90.6 Å². The van der Waals surface area contributed by atoms with E-state index >= 15 is 0 Å². The van der Waals surface area contributed by atoms with Gasteiger partial charge in [0.15, 0.2) is 0 Å². The van der Waals surface area contributed by atoms with Gasteiger partial charge in [0.1, 0.15) is 0 Å². The third kappa shape index (κ3) is 15.0. The van der Waals surface area contributed by atoms with Crippen molar-refractivity contribution >= 4 is 5.97 Å². The van der Waals surface area contributed by atoms with Crippen molar-refractivity contribution in [2.45, 2.75) is 117 Å². The molecule has 0 saturated carbocycles. The molecule has 1 unspecified atom stereocenters. The van der Waals surface area contributed by atoms with Crippen LogP contribution in [0.15, 0.2) is 0 Å². The van der Waals surface area contributed by atoms with Crippen molar-refractivity contribution in [3.05, 3.63) is 0 Å². The average molecular weight is 341 g/mol. The molecule has 144 valence electrons. The molecule has 0 aliphatic heterocycles. The molecule has 0 aliphatic rings. The summed E-state index contributed by atoms with van der Waals surface area (Å²) in [6.45, 7) is 7.09. The molecular formula is C22H44O2. The summed E-state index contributed by atoms with van der Waals surface area (Å²) >= 11 is 0. The Bertz CT molecular complexity index is 273. The maximum absolute atomic E-state index is 11.0. The molecule has 0 aromatic heterocycles. The minimum Gasteiger partial charge on any atom is -0.469 e. The quantitative estimate of drug-likeness (QED) is 0.205. The van der Waals surface area contributed by atoms with Gasteiger partial charge in [-0.15, -0.1) is 0 Å². The number of esters is 1. The molecule has 0 fully saturated rings. The summed E-state index contributed by atoms with van der Waals surface area (Å²) in [4.78, 5) is 11.0. The van der Waals surface area contributed by atoms with Gasteiger partial charge in [0, 0.05) is 6.42 Å². The van der Waals surface area contributed by atoms with Crippen molar-refractivity contribution in [2.24, 2.45) is 11.8 Å². The second-order valence-corrected chi connectivity index (χ2v) is 7.80. The van der Waals surface area contributed by atoms with E-state index < -0.39 is 0 Å². The Morgan fingerprint density at radius 2 is 1.21 bits per heavy atom. The number of unbranched alkanes of at least 4 members (excludes halogenated alkanes) is 10. The maximum atomic E-state index is 11.0. The SMILES string of the molecule is CCCCCCCC(CCCCCCCCCC(=O)OC)C(C)C. The van der Waals surface area contributed by atoms with E-state index in [1.54, 1.807) is 0 Å². The van der Waals surface area contributed by atoms with Crippen molar-refractivity contribution in [2.75, 3.05) is 7.11 Å². The highest BCUT2D eigenvalue weighted by molar-refractivity contribution is 5.68. The molecule has 0 amide bonds. The molecule has 0 bridgehead atoms. The van der Waals surface area contributed by atoms with Crippen LogP contribution in [0.4, 0.5) is 0 Å². The Morgan fingerprint density at radius 3 is 1.67 bits per heavy atom. The molecule has 0 spiro atoms. The first-order chi connectivity index (χ1) is 11.6. The van der Waals surface area contributed by atoms with E-state index in [1.807, 2.05) is 0 Å². The molecule has 1 atom stereocenters. The molecule has 2 heteroatoms. The molecule has 0 rings (SSSR count). The van der Waals surface area contributed by atoms with Crippen LogP contribution in [-0.2, 0) is 9.53 Å². The van der Waals surface area contributed by atoms with Gasteiger partial charge in [0.05, 0.1) is 7.11 Å². The zero-order valence-corrected chi connectivity index (χ0v) is 17.1. The third-order valence-electron chi connectivity index (χ3n) is 5.30. The van der Waals surface area contributed by atoms with Crippen molar-refractivity contribution < 1.29 is 9.53 Å². The molecule has 0 aromatic rings. The lowest BCUT2D eigenvalue weighted by atomic mass is 9.85. The molecule has 2 nitrogen and oxygen atoms in total. The highest BCUT2D eigenvalue weighted by Gasteiger charge is 2.12. The van der Waals surface area contributed by atoms with Gasteiger partial charge in [-0.1, -0.05) is 104 Å². The molecule has 24 heavy (non-hydrogen) atoms. The number of rotatable bonds is 17. The Kier molecular flexibility index (Phi) is 16.9. The van der Waals surface area contributed by atoms with Crippen LogP contribution in [0.25, 0.3) is 0 Å². The molecular weight excluding hydrogens is 296 g/mol. The van der Waals surface area contributed by atoms with Crippen LogP contribution in [0.2, 0.25) is 0 Å². The third-order valence-corrected chi connectivity index (χ3v) is 5.30. The normalized spacial score (nSPS) is 12.5. The minimum absolute atomic E-state index is 0.0654. The van der Waals surface area contributed by atoms with Crippen LogP contribution < -0.4 is 0 Å². The first kappa shape index (κ1) is 23.5. The first-order valence-electron chi connectivity index (χ1n) is 10.7. The van der Waals surface area contributed by atoms with E-state index in [0.29, 0.717) is 6.42 Å². The van der Waals surface area contributed by atoms with E-state index in [0.717, 1.165) is 18.3 Å². The van der Waals surface area contributed by atoms with Gasteiger partial charge in [-0.3, -0.25) is 4.79 Å². The molecule has 0 heterocycles. The summed E-state index contributed by atoms with van der Waals surface area (Å²) in [7, 11) is 1.47. The van der Waals surface area contributed by atoms with Crippen LogP contribution in [0, 0.1) is 11.8 Å². The number of methoxy groups -OCH3 is 1. The summed E-state index contributed by atoms with van der Waals surface area (Å²) in [5.74, 6) is 1.71. The van der Waals surface area contributed by atoms with Gasteiger partial charge in [0.25, 0.3) is 0 Å². The Balaban J connectivity index is 3.48. The van der Waals surface area contributed by atoms with Crippen molar-refractivity contribution in [1.82, 2.24) is 0 Å². The van der Waals surface area contributed by atoms with Crippen molar-refractivity contribution in [3.8, 4) is 0 Å². The van der Waals surface area contributed by atoms with E-state index in [-0.39, 0.29) is 5.97 Å². The molecule has 0 aromatic carbocycles.